The van der Waals surface area contributed by atoms with Crippen molar-refractivity contribution in [3.63, 3.8) is 0 Å². The molecule has 0 saturated heterocycles. The summed E-state index contributed by atoms with van der Waals surface area (Å²) >= 11 is 1.89. The molecule has 0 fully saturated rings. The number of methoxy groups -OCH3 is 1. The van der Waals surface area contributed by atoms with E-state index >= 15 is 0 Å². The van der Waals surface area contributed by atoms with Crippen LogP contribution in [0.2, 0.25) is 0 Å². The molecule has 1 aromatic carbocycles. The predicted molar refractivity (Wildman–Crippen MR) is 85.6 cm³/mol. The molecule has 0 aromatic heterocycles. The zero-order valence-electron chi connectivity index (χ0n) is 12.7. The van der Waals surface area contributed by atoms with Gasteiger partial charge < -0.3 is 15.2 Å². The van der Waals surface area contributed by atoms with Crippen LogP contribution in [0.1, 0.15) is 37.4 Å². The lowest BCUT2D eigenvalue weighted by Gasteiger charge is -2.35. The van der Waals surface area contributed by atoms with E-state index < -0.39 is 0 Å². The first-order chi connectivity index (χ1) is 9.56. The van der Waals surface area contributed by atoms with Gasteiger partial charge in [0, 0.05) is 16.5 Å². The molecule has 2 N–H and O–H groups in total. The van der Waals surface area contributed by atoms with Gasteiger partial charge in [0.2, 0.25) is 0 Å². The first kappa shape index (κ1) is 15.7. The molecule has 0 aliphatic heterocycles. The van der Waals surface area contributed by atoms with Crippen molar-refractivity contribution in [1.29, 1.82) is 0 Å². The number of aliphatic hydroxyl groups excluding tert-OH is 1. The van der Waals surface area contributed by atoms with Crippen molar-refractivity contribution in [2.75, 3.05) is 14.2 Å². The summed E-state index contributed by atoms with van der Waals surface area (Å²) in [5, 5.41) is 13.9. The molecule has 112 valence electrons. The van der Waals surface area contributed by atoms with Gasteiger partial charge in [0.15, 0.2) is 0 Å². The average Bonchev–Trinajstić information content (AvgIpc) is 2.46. The number of rotatable bonds is 5. The van der Waals surface area contributed by atoms with Gasteiger partial charge in [-0.25, -0.2) is 0 Å². The predicted octanol–water partition coefficient (Wildman–Crippen LogP) is 2.77. The molecule has 0 bridgehead atoms. The second-order valence-corrected chi connectivity index (χ2v) is 7.11. The van der Waals surface area contributed by atoms with Crippen molar-refractivity contribution in [1.82, 2.24) is 5.32 Å². The normalized spacial score (nSPS) is 24.9. The van der Waals surface area contributed by atoms with Gasteiger partial charge in [-0.2, -0.15) is 11.8 Å². The Hall–Kier alpha value is -0.710. The van der Waals surface area contributed by atoms with E-state index in [0.29, 0.717) is 11.3 Å². The molecule has 20 heavy (non-hydrogen) atoms. The zero-order chi connectivity index (χ0) is 14.7. The van der Waals surface area contributed by atoms with Crippen molar-refractivity contribution in [2.24, 2.45) is 0 Å². The van der Waals surface area contributed by atoms with E-state index in [9.17, 15) is 5.11 Å². The van der Waals surface area contributed by atoms with E-state index in [4.69, 9.17) is 4.74 Å². The second-order valence-electron chi connectivity index (χ2n) is 5.49. The fourth-order valence-electron chi connectivity index (χ4n) is 2.76. The number of aryl methyl sites for hydroxylation is 1. The Morgan fingerprint density at radius 3 is 2.75 bits per heavy atom. The number of nitrogens with one attached hydrogen (secondary N) is 1. The first-order valence-corrected chi connectivity index (χ1v) is 8.18. The number of thioether (sulfide) groups is 1. The Balaban J connectivity index is 2.22. The summed E-state index contributed by atoms with van der Waals surface area (Å²) in [6.07, 6.45) is 1.97. The van der Waals surface area contributed by atoms with Crippen molar-refractivity contribution >= 4 is 11.8 Å². The van der Waals surface area contributed by atoms with Crippen LogP contribution in [0.25, 0.3) is 0 Å². The molecule has 4 unspecified atom stereocenters. The largest absolute Gasteiger partial charge is 0.497 e. The maximum atomic E-state index is 9.73. The van der Waals surface area contributed by atoms with Crippen LogP contribution in [0.4, 0.5) is 0 Å². The Morgan fingerprint density at radius 1 is 1.40 bits per heavy atom. The third-order valence-corrected chi connectivity index (χ3v) is 5.82. The molecule has 3 nitrogen and oxygen atoms in total. The third kappa shape index (κ3) is 3.30. The van der Waals surface area contributed by atoms with Crippen LogP contribution in [0.5, 0.6) is 5.75 Å². The molecule has 4 atom stereocenters. The molecule has 1 aromatic rings. The van der Waals surface area contributed by atoms with E-state index in [0.717, 1.165) is 18.6 Å². The highest BCUT2D eigenvalue weighted by Gasteiger charge is 2.31. The molecular weight excluding hydrogens is 270 g/mol. The smallest absolute Gasteiger partial charge is 0.119 e. The van der Waals surface area contributed by atoms with E-state index in [2.05, 4.69) is 24.4 Å². The lowest BCUT2D eigenvalue weighted by Crippen LogP contribution is -2.34. The zero-order valence-corrected chi connectivity index (χ0v) is 13.5. The summed E-state index contributed by atoms with van der Waals surface area (Å²) in [7, 11) is 3.72. The maximum Gasteiger partial charge on any atom is 0.119 e. The average molecular weight is 295 g/mol. The molecule has 0 spiro atoms. The number of fused-ring (bicyclic) bond motifs is 1. The minimum Gasteiger partial charge on any atom is -0.497 e. The van der Waals surface area contributed by atoms with Gasteiger partial charge >= 0.3 is 0 Å². The number of hydrogen-bond donors (Lipinski definition) is 2. The van der Waals surface area contributed by atoms with Crippen LogP contribution in [0, 0.1) is 0 Å². The fraction of sp³-hybridized carbons (Fsp3) is 0.625. The van der Waals surface area contributed by atoms with Gasteiger partial charge in [0.05, 0.1) is 13.2 Å². The number of aliphatic hydroxyl groups is 1. The lowest BCUT2D eigenvalue weighted by molar-refractivity contribution is 0.196. The summed E-state index contributed by atoms with van der Waals surface area (Å²) in [5.74, 6) is 0.915. The monoisotopic (exact) mass is 295 g/mol. The van der Waals surface area contributed by atoms with Crippen LogP contribution >= 0.6 is 11.8 Å². The summed E-state index contributed by atoms with van der Waals surface area (Å²) in [4.78, 5) is 0. The molecule has 0 saturated carbocycles. The van der Waals surface area contributed by atoms with Crippen molar-refractivity contribution in [3.05, 3.63) is 29.3 Å². The molecular formula is C16H25NO2S. The van der Waals surface area contributed by atoms with Crippen LogP contribution in [-0.2, 0) is 6.42 Å². The van der Waals surface area contributed by atoms with Gasteiger partial charge in [-0.3, -0.25) is 0 Å². The standard InChI is InChI=1S/C16H25NO2S/c1-10(18)11(2)20-15-8-6-12-5-7-13(19-4)9-14(12)16(15)17-3/h5,7,9-11,15-18H,6,8H2,1-4H3. The highest BCUT2D eigenvalue weighted by Crippen LogP contribution is 2.40. The van der Waals surface area contributed by atoms with Crippen LogP contribution in [0.3, 0.4) is 0 Å². The summed E-state index contributed by atoms with van der Waals surface area (Å²) in [5.41, 5.74) is 2.75. The van der Waals surface area contributed by atoms with Crippen LogP contribution in [-0.4, -0.2) is 35.9 Å². The maximum absolute atomic E-state index is 9.73. The first-order valence-electron chi connectivity index (χ1n) is 7.24. The Kier molecular flexibility index (Phi) is 5.35. The molecule has 0 heterocycles. The van der Waals surface area contributed by atoms with E-state index in [-0.39, 0.29) is 11.4 Å². The molecule has 0 amide bonds. The topological polar surface area (TPSA) is 41.5 Å². The number of benzene rings is 1. The van der Waals surface area contributed by atoms with E-state index in [1.54, 1.807) is 7.11 Å². The highest BCUT2D eigenvalue weighted by atomic mass is 32.2. The minimum atomic E-state index is -0.274. The quantitative estimate of drug-likeness (QED) is 0.876. The Labute approximate surface area is 126 Å². The van der Waals surface area contributed by atoms with Crippen LogP contribution in [0.15, 0.2) is 18.2 Å². The van der Waals surface area contributed by atoms with Crippen LogP contribution < -0.4 is 10.1 Å². The Morgan fingerprint density at radius 2 is 2.15 bits per heavy atom. The molecule has 1 aliphatic carbocycles. The lowest BCUT2D eigenvalue weighted by atomic mass is 9.87. The van der Waals surface area contributed by atoms with Crippen molar-refractivity contribution in [3.8, 4) is 5.75 Å². The van der Waals surface area contributed by atoms with Crippen molar-refractivity contribution in [2.45, 2.75) is 49.3 Å². The summed E-state index contributed by atoms with van der Waals surface area (Å²) < 4.78 is 5.35. The summed E-state index contributed by atoms with van der Waals surface area (Å²) in [6, 6.07) is 6.69. The van der Waals surface area contributed by atoms with Gasteiger partial charge in [0.25, 0.3) is 0 Å². The number of ether oxygens (including phenoxy) is 1. The SMILES string of the molecule is CNC1c2cc(OC)ccc2CCC1SC(C)C(C)O. The Bertz CT molecular complexity index is 450. The van der Waals surface area contributed by atoms with Gasteiger partial charge in [-0.15, -0.1) is 0 Å². The fourth-order valence-corrected chi connectivity index (χ4v) is 4.23. The highest BCUT2D eigenvalue weighted by molar-refractivity contribution is 8.00. The van der Waals surface area contributed by atoms with E-state index in [1.807, 2.05) is 31.8 Å². The van der Waals surface area contributed by atoms with Gasteiger partial charge in [-0.05, 0) is 50.1 Å². The molecule has 1 aliphatic rings. The van der Waals surface area contributed by atoms with Gasteiger partial charge in [0.1, 0.15) is 5.75 Å². The second kappa shape index (κ2) is 6.83. The summed E-state index contributed by atoms with van der Waals surface area (Å²) in [6.45, 7) is 3.97. The molecule has 2 rings (SSSR count). The number of hydrogen-bond acceptors (Lipinski definition) is 4. The molecule has 0 radical (unpaired) electrons. The third-order valence-electron chi connectivity index (χ3n) is 4.14. The minimum absolute atomic E-state index is 0.253. The van der Waals surface area contributed by atoms with E-state index in [1.165, 1.54) is 11.1 Å². The van der Waals surface area contributed by atoms with Crippen molar-refractivity contribution < 1.29 is 9.84 Å². The van der Waals surface area contributed by atoms with Gasteiger partial charge in [-0.1, -0.05) is 13.0 Å². The molecule has 4 heteroatoms.